The van der Waals surface area contributed by atoms with Gasteiger partial charge in [-0.15, -0.1) is 11.8 Å². The molecule has 0 radical (unpaired) electrons. The molecule has 0 saturated carbocycles. The fourth-order valence-corrected chi connectivity index (χ4v) is 6.69. The summed E-state index contributed by atoms with van der Waals surface area (Å²) in [4.78, 5) is 14.6. The van der Waals surface area contributed by atoms with Crippen molar-refractivity contribution in [1.82, 2.24) is 5.32 Å². The van der Waals surface area contributed by atoms with Gasteiger partial charge in [0.1, 0.15) is 23.6 Å². The first kappa shape index (κ1) is 28.8. The lowest BCUT2D eigenvalue weighted by Gasteiger charge is -2.41. The van der Waals surface area contributed by atoms with Crippen LogP contribution < -0.4 is 19.1 Å². The molecule has 0 fully saturated rings. The quantitative estimate of drug-likeness (QED) is 0.277. The van der Waals surface area contributed by atoms with Gasteiger partial charge in [-0.2, -0.15) is 0 Å². The van der Waals surface area contributed by atoms with Crippen molar-refractivity contribution < 1.29 is 22.7 Å². The molecule has 4 rings (SSSR count). The Morgan fingerprint density at radius 2 is 1.69 bits per heavy atom. The number of thioether (sulfide) groups is 1. The summed E-state index contributed by atoms with van der Waals surface area (Å²) in [5.41, 5.74) is 0.879. The molecule has 39 heavy (non-hydrogen) atoms. The Balaban J connectivity index is 1.65. The molecule has 0 bridgehead atoms. The number of amides is 1. The van der Waals surface area contributed by atoms with Crippen LogP contribution in [-0.2, 0) is 14.8 Å². The summed E-state index contributed by atoms with van der Waals surface area (Å²) in [6.07, 6.45) is 4.13. The molecule has 1 aliphatic heterocycles. The van der Waals surface area contributed by atoms with E-state index in [9.17, 15) is 13.2 Å². The molecule has 1 heterocycles. The van der Waals surface area contributed by atoms with Crippen LogP contribution in [0.1, 0.15) is 51.6 Å². The molecule has 3 aromatic rings. The van der Waals surface area contributed by atoms with E-state index in [1.165, 1.54) is 11.8 Å². The lowest BCUT2D eigenvalue weighted by atomic mass is 9.83. The summed E-state index contributed by atoms with van der Waals surface area (Å²) in [5.74, 6) is 0.986. The monoisotopic (exact) mass is 568 g/mol. The Morgan fingerprint density at radius 1 is 1.03 bits per heavy atom. The third kappa shape index (κ3) is 6.36. The average molecular weight is 569 g/mol. The van der Waals surface area contributed by atoms with Crippen molar-refractivity contribution in [3.8, 4) is 11.5 Å². The van der Waals surface area contributed by atoms with E-state index in [0.717, 1.165) is 33.4 Å². The van der Waals surface area contributed by atoms with Crippen molar-refractivity contribution in [2.75, 3.05) is 23.7 Å². The van der Waals surface area contributed by atoms with Crippen LogP contribution >= 0.6 is 11.8 Å². The second-order valence-corrected chi connectivity index (χ2v) is 12.2. The van der Waals surface area contributed by atoms with E-state index in [-0.39, 0.29) is 17.5 Å². The first-order valence-electron chi connectivity index (χ1n) is 13.2. The van der Waals surface area contributed by atoms with Crippen LogP contribution in [0.4, 0.5) is 5.69 Å². The molecule has 1 aliphatic rings. The third-order valence-corrected chi connectivity index (χ3v) is 9.72. The minimum Gasteiger partial charge on any atom is -0.494 e. The summed E-state index contributed by atoms with van der Waals surface area (Å²) in [6, 6.07) is 20.8. The molecule has 0 unspecified atom stereocenters. The summed E-state index contributed by atoms with van der Waals surface area (Å²) >= 11 is 1.53. The van der Waals surface area contributed by atoms with Gasteiger partial charge in [0.05, 0.1) is 23.2 Å². The lowest BCUT2D eigenvalue weighted by molar-refractivity contribution is -0.121. The fourth-order valence-electron chi connectivity index (χ4n) is 4.87. The van der Waals surface area contributed by atoms with Gasteiger partial charge in [-0.05, 0) is 80.6 Å². The largest absolute Gasteiger partial charge is 0.494 e. The van der Waals surface area contributed by atoms with Gasteiger partial charge in [-0.1, -0.05) is 32.0 Å². The number of sulfonamides is 1. The molecule has 208 valence electrons. The van der Waals surface area contributed by atoms with Gasteiger partial charge in [0, 0.05) is 16.9 Å². The summed E-state index contributed by atoms with van der Waals surface area (Å²) in [7, 11) is -4.04. The van der Waals surface area contributed by atoms with E-state index in [2.05, 4.69) is 19.2 Å². The van der Waals surface area contributed by atoms with E-state index >= 15 is 0 Å². The molecule has 1 atom stereocenters. The molecule has 9 heteroatoms. The van der Waals surface area contributed by atoms with Crippen LogP contribution in [0, 0.1) is 0 Å². The zero-order chi connectivity index (χ0) is 28.0. The van der Waals surface area contributed by atoms with Crippen LogP contribution in [-0.4, -0.2) is 39.3 Å². The van der Waals surface area contributed by atoms with E-state index in [1.807, 2.05) is 37.4 Å². The predicted octanol–water partition coefficient (Wildman–Crippen LogP) is 6.20. The lowest BCUT2D eigenvalue weighted by Crippen LogP contribution is -2.47. The molecule has 1 N–H and O–H groups in total. The first-order valence-corrected chi connectivity index (χ1v) is 15.9. The standard InChI is InChI=1S/C30H36N2O5S2/c1-5-30(6-2)20-27(26-10-8-9-11-28(26)37-30)31-29(33)21-32(22-12-14-23(15-13-22)36-7-3)39(34,35)25-18-16-24(38-4)17-19-25/h8-19,27H,5-7,20-21H2,1-4H3,(H,31,33)/t27-/m0/s1. The van der Waals surface area contributed by atoms with E-state index in [4.69, 9.17) is 9.47 Å². The first-order chi connectivity index (χ1) is 18.7. The topological polar surface area (TPSA) is 84.9 Å². The average Bonchev–Trinajstić information content (AvgIpc) is 2.96. The number of carbonyl (C=O) groups is 1. The second-order valence-electron chi connectivity index (χ2n) is 9.47. The number of hydrogen-bond acceptors (Lipinski definition) is 6. The molecule has 0 saturated heterocycles. The molecular formula is C30H36N2O5S2. The Morgan fingerprint density at radius 3 is 2.31 bits per heavy atom. The molecule has 0 spiro atoms. The highest BCUT2D eigenvalue weighted by Crippen LogP contribution is 2.42. The molecule has 1 amide bonds. The maximum absolute atomic E-state index is 13.9. The molecule has 3 aromatic carbocycles. The summed E-state index contributed by atoms with van der Waals surface area (Å²) < 4.78 is 40.8. The van der Waals surface area contributed by atoms with Gasteiger partial charge in [-0.25, -0.2) is 8.42 Å². The number of ether oxygens (including phenoxy) is 2. The van der Waals surface area contributed by atoms with Gasteiger partial charge in [0.15, 0.2) is 0 Å². The zero-order valence-corrected chi connectivity index (χ0v) is 24.5. The van der Waals surface area contributed by atoms with Crippen molar-refractivity contribution in [3.63, 3.8) is 0 Å². The summed E-state index contributed by atoms with van der Waals surface area (Å²) in [5, 5.41) is 3.12. The van der Waals surface area contributed by atoms with Crippen LogP contribution in [0.15, 0.2) is 82.6 Å². The number of benzene rings is 3. The molecule has 7 nitrogen and oxygen atoms in total. The number of fused-ring (bicyclic) bond motifs is 1. The van der Waals surface area contributed by atoms with Crippen molar-refractivity contribution in [1.29, 1.82) is 0 Å². The minimum absolute atomic E-state index is 0.120. The number of nitrogens with zero attached hydrogens (tertiary/aromatic N) is 1. The predicted molar refractivity (Wildman–Crippen MR) is 156 cm³/mol. The van der Waals surface area contributed by atoms with Gasteiger partial charge >= 0.3 is 0 Å². The molecule has 0 aliphatic carbocycles. The number of carbonyl (C=O) groups excluding carboxylic acids is 1. The zero-order valence-electron chi connectivity index (χ0n) is 22.8. The highest BCUT2D eigenvalue weighted by atomic mass is 32.2. The highest BCUT2D eigenvalue weighted by Gasteiger charge is 2.39. The number of para-hydroxylation sites is 1. The normalized spacial score (nSPS) is 16.1. The van der Waals surface area contributed by atoms with Crippen molar-refractivity contribution >= 4 is 33.4 Å². The molecule has 0 aromatic heterocycles. The fraction of sp³-hybridized carbons (Fsp3) is 0.367. The van der Waals surface area contributed by atoms with Crippen LogP contribution in [0.5, 0.6) is 11.5 Å². The van der Waals surface area contributed by atoms with Crippen molar-refractivity contribution in [2.45, 2.75) is 61.5 Å². The highest BCUT2D eigenvalue weighted by molar-refractivity contribution is 7.98. The number of anilines is 1. The second kappa shape index (κ2) is 12.3. The third-order valence-electron chi connectivity index (χ3n) is 7.19. The van der Waals surface area contributed by atoms with Gasteiger partial charge in [0.2, 0.25) is 5.91 Å². The summed E-state index contributed by atoms with van der Waals surface area (Å²) in [6.45, 7) is 6.17. The minimum atomic E-state index is -4.04. The Hall–Kier alpha value is -3.17. The number of hydrogen-bond donors (Lipinski definition) is 1. The van der Waals surface area contributed by atoms with Crippen molar-refractivity contribution in [3.05, 3.63) is 78.4 Å². The van der Waals surface area contributed by atoms with Gasteiger partial charge in [-0.3, -0.25) is 9.10 Å². The van der Waals surface area contributed by atoms with Gasteiger partial charge in [0.25, 0.3) is 10.0 Å². The van der Waals surface area contributed by atoms with Gasteiger partial charge < -0.3 is 14.8 Å². The van der Waals surface area contributed by atoms with Crippen molar-refractivity contribution in [2.24, 2.45) is 0 Å². The van der Waals surface area contributed by atoms with E-state index < -0.39 is 21.5 Å². The Kier molecular flexibility index (Phi) is 9.12. The van der Waals surface area contributed by atoms with E-state index in [1.54, 1.807) is 48.5 Å². The molecular weight excluding hydrogens is 532 g/mol. The maximum atomic E-state index is 13.9. The Labute approximate surface area is 236 Å². The van der Waals surface area contributed by atoms with Crippen LogP contribution in [0.25, 0.3) is 0 Å². The van der Waals surface area contributed by atoms with Crippen LogP contribution in [0.3, 0.4) is 0 Å². The Bertz CT molecular complexity index is 1370. The van der Waals surface area contributed by atoms with Crippen LogP contribution in [0.2, 0.25) is 0 Å². The van der Waals surface area contributed by atoms with E-state index in [0.29, 0.717) is 24.5 Å². The SMILES string of the molecule is CCOc1ccc(N(CC(=O)N[C@H]2CC(CC)(CC)Oc3ccccc32)S(=O)(=O)c2ccc(SC)cc2)cc1. The number of nitrogens with one attached hydrogen (secondary N) is 1. The smallest absolute Gasteiger partial charge is 0.264 e. The maximum Gasteiger partial charge on any atom is 0.264 e. The number of rotatable bonds is 11.